The molecule has 37 heavy (non-hydrogen) atoms. The van der Waals surface area contributed by atoms with Gasteiger partial charge in [-0.3, -0.25) is 14.4 Å². The van der Waals surface area contributed by atoms with Crippen LogP contribution in [-0.4, -0.2) is 59.1 Å². The molecule has 1 fully saturated rings. The van der Waals surface area contributed by atoms with Crippen LogP contribution in [0.4, 0.5) is 5.13 Å². The first kappa shape index (κ1) is 25.7. The highest BCUT2D eigenvalue weighted by molar-refractivity contribution is 7.89. The van der Waals surface area contributed by atoms with E-state index in [9.17, 15) is 13.2 Å². The lowest BCUT2D eigenvalue weighted by molar-refractivity contribution is -0.121. The average molecular weight is 560 g/mol. The molecule has 1 aliphatic heterocycles. The van der Waals surface area contributed by atoms with Crippen molar-refractivity contribution >= 4 is 54.2 Å². The molecule has 1 saturated heterocycles. The van der Waals surface area contributed by atoms with Crippen molar-refractivity contribution < 1.29 is 17.9 Å². The Morgan fingerprint density at radius 1 is 1.22 bits per heavy atom. The van der Waals surface area contributed by atoms with Crippen molar-refractivity contribution in [3.05, 3.63) is 65.9 Å². The second kappa shape index (κ2) is 10.8. The summed E-state index contributed by atoms with van der Waals surface area (Å²) < 4.78 is 36.6. The lowest BCUT2D eigenvalue weighted by atomic mass is 10.2. The molecule has 0 radical (unpaired) electrons. The second-order valence-corrected chi connectivity index (χ2v) is 11.9. The first-order valence-corrected chi connectivity index (χ1v) is 14.6. The molecule has 2 aromatic carbocycles. The number of ether oxygens (including phenoxy) is 1. The van der Waals surface area contributed by atoms with Crippen molar-refractivity contribution in [2.45, 2.75) is 37.2 Å². The molecule has 1 aliphatic rings. The van der Waals surface area contributed by atoms with Crippen LogP contribution in [0, 0.1) is 0 Å². The van der Waals surface area contributed by atoms with E-state index in [1.54, 1.807) is 15.8 Å². The van der Waals surface area contributed by atoms with Crippen LogP contribution in [0.15, 0.2) is 65.8 Å². The number of hydrogen-bond donors (Lipinski definition) is 0. The summed E-state index contributed by atoms with van der Waals surface area (Å²) in [7, 11) is -3.89. The number of benzene rings is 2. The Bertz CT molecular complexity index is 1490. The van der Waals surface area contributed by atoms with Gasteiger partial charge in [0.25, 0.3) is 0 Å². The van der Waals surface area contributed by atoms with E-state index in [1.807, 2.05) is 37.4 Å². The number of nitrogens with zero attached hydrogens (tertiary/aromatic N) is 5. The first-order chi connectivity index (χ1) is 17.9. The molecule has 0 aliphatic carbocycles. The number of sulfonamides is 1. The van der Waals surface area contributed by atoms with Crippen molar-refractivity contribution in [2.24, 2.45) is 0 Å². The molecular formula is C25H26ClN5O4S2. The van der Waals surface area contributed by atoms with Gasteiger partial charge in [-0.05, 0) is 62.2 Å². The van der Waals surface area contributed by atoms with Crippen molar-refractivity contribution in [1.29, 1.82) is 0 Å². The number of rotatable bonds is 9. The normalized spacial score (nSPS) is 16.3. The maximum Gasteiger partial charge on any atom is 0.247 e. The maximum atomic E-state index is 14.0. The Morgan fingerprint density at radius 3 is 2.76 bits per heavy atom. The molecule has 9 nitrogen and oxygen atoms in total. The lowest BCUT2D eigenvalue weighted by Crippen LogP contribution is -2.48. The average Bonchev–Trinajstić information content (AvgIpc) is 3.65. The van der Waals surface area contributed by atoms with Crippen LogP contribution in [0.3, 0.4) is 0 Å². The monoisotopic (exact) mass is 559 g/mol. The Morgan fingerprint density at radius 2 is 2.03 bits per heavy atom. The SMILES string of the molecule is CCOc1cccc2sc(N(CCn3cccn3)C(=O)C3CCCN3S(=O)(=O)c3ccc(Cl)cc3)nc12. The van der Waals surface area contributed by atoms with E-state index in [4.69, 9.17) is 21.3 Å². The van der Waals surface area contributed by atoms with Crippen LogP contribution < -0.4 is 9.64 Å². The van der Waals surface area contributed by atoms with Gasteiger partial charge in [-0.1, -0.05) is 29.0 Å². The van der Waals surface area contributed by atoms with E-state index in [1.165, 1.54) is 39.9 Å². The van der Waals surface area contributed by atoms with Crippen molar-refractivity contribution in [2.75, 3.05) is 24.6 Å². The lowest BCUT2D eigenvalue weighted by Gasteiger charge is -2.28. The first-order valence-electron chi connectivity index (χ1n) is 12.0. The van der Waals surface area contributed by atoms with Crippen LogP contribution in [-0.2, 0) is 21.4 Å². The highest BCUT2D eigenvalue weighted by Crippen LogP contribution is 2.36. The van der Waals surface area contributed by atoms with Gasteiger partial charge in [-0.15, -0.1) is 0 Å². The van der Waals surface area contributed by atoms with E-state index >= 15 is 0 Å². The molecule has 0 N–H and O–H groups in total. The molecule has 0 spiro atoms. The third kappa shape index (κ3) is 5.22. The summed E-state index contributed by atoms with van der Waals surface area (Å²) in [5.74, 6) is 0.342. The van der Waals surface area contributed by atoms with Gasteiger partial charge in [-0.2, -0.15) is 9.40 Å². The number of amides is 1. The van der Waals surface area contributed by atoms with E-state index in [2.05, 4.69) is 5.10 Å². The van der Waals surface area contributed by atoms with Gasteiger partial charge >= 0.3 is 0 Å². The summed E-state index contributed by atoms with van der Waals surface area (Å²) in [6, 6.07) is 12.7. The minimum Gasteiger partial charge on any atom is -0.492 e. The topological polar surface area (TPSA) is 97.6 Å². The Balaban J connectivity index is 1.49. The largest absolute Gasteiger partial charge is 0.492 e. The highest BCUT2D eigenvalue weighted by Gasteiger charge is 2.42. The maximum absolute atomic E-state index is 14.0. The summed E-state index contributed by atoms with van der Waals surface area (Å²) >= 11 is 7.34. The summed E-state index contributed by atoms with van der Waals surface area (Å²) in [5.41, 5.74) is 0.679. The van der Waals surface area contributed by atoms with Gasteiger partial charge in [0.05, 0.1) is 22.7 Å². The quantitative estimate of drug-likeness (QED) is 0.301. The number of thiazole rings is 1. The Hall–Kier alpha value is -2.99. The van der Waals surface area contributed by atoms with Gasteiger partial charge in [-0.25, -0.2) is 13.4 Å². The standard InChI is InChI=1S/C25H26ClN5O4S2/c1-2-35-21-7-3-8-22-23(21)28-25(36-22)30(17-16-29-14-5-13-27-29)24(32)20-6-4-15-31(20)37(33,34)19-11-9-18(26)10-12-19/h3,5,7-14,20H,2,4,6,15-17H2,1H3. The van der Waals surface area contributed by atoms with Crippen LogP contribution in [0.2, 0.25) is 5.02 Å². The van der Waals surface area contributed by atoms with Crippen LogP contribution in [0.25, 0.3) is 10.2 Å². The Labute approximate surface area is 224 Å². The van der Waals surface area contributed by atoms with Crippen LogP contribution >= 0.6 is 22.9 Å². The minimum absolute atomic E-state index is 0.112. The predicted octanol–water partition coefficient (Wildman–Crippen LogP) is 4.43. The summed E-state index contributed by atoms with van der Waals surface area (Å²) in [6.45, 7) is 3.39. The Kier molecular flexibility index (Phi) is 7.47. The number of carbonyl (C=O) groups excluding carboxylic acids is 1. The zero-order valence-corrected chi connectivity index (χ0v) is 22.5. The molecule has 0 bridgehead atoms. The second-order valence-electron chi connectivity index (χ2n) is 8.52. The molecule has 3 heterocycles. The highest BCUT2D eigenvalue weighted by atomic mass is 35.5. The van der Waals surface area contributed by atoms with Crippen LogP contribution in [0.5, 0.6) is 5.75 Å². The molecular weight excluding hydrogens is 534 g/mol. The molecule has 1 atom stereocenters. The smallest absolute Gasteiger partial charge is 0.247 e. The van der Waals surface area contributed by atoms with Gasteiger partial charge in [0.2, 0.25) is 15.9 Å². The van der Waals surface area contributed by atoms with E-state index in [0.29, 0.717) is 47.4 Å². The van der Waals surface area contributed by atoms with Gasteiger partial charge in [0.15, 0.2) is 5.13 Å². The summed E-state index contributed by atoms with van der Waals surface area (Å²) in [4.78, 5) is 20.5. The number of carbonyl (C=O) groups is 1. The van der Waals surface area contributed by atoms with Gasteiger partial charge < -0.3 is 4.74 Å². The van der Waals surface area contributed by atoms with Gasteiger partial charge in [0.1, 0.15) is 17.3 Å². The molecule has 0 saturated carbocycles. The summed E-state index contributed by atoms with van der Waals surface area (Å²) in [6.07, 6.45) is 4.51. The molecule has 1 amide bonds. The van der Waals surface area contributed by atoms with E-state index < -0.39 is 16.1 Å². The number of aromatic nitrogens is 3. The number of halogens is 1. The molecule has 12 heteroatoms. The van der Waals surface area contributed by atoms with Crippen LogP contribution in [0.1, 0.15) is 19.8 Å². The predicted molar refractivity (Wildman–Crippen MR) is 144 cm³/mol. The molecule has 194 valence electrons. The minimum atomic E-state index is -3.89. The molecule has 4 aromatic rings. The third-order valence-corrected chi connectivity index (χ3v) is 9.41. The molecule has 1 unspecified atom stereocenters. The summed E-state index contributed by atoms with van der Waals surface area (Å²) in [5, 5.41) is 5.19. The zero-order valence-electron chi connectivity index (χ0n) is 20.2. The van der Waals surface area contributed by atoms with Crippen molar-refractivity contribution in [3.63, 3.8) is 0 Å². The van der Waals surface area contributed by atoms with Gasteiger partial charge in [0, 0.05) is 30.5 Å². The van der Waals surface area contributed by atoms with Crippen molar-refractivity contribution in [1.82, 2.24) is 19.1 Å². The number of anilines is 1. The molecule has 2 aromatic heterocycles. The number of fused-ring (bicyclic) bond motifs is 1. The zero-order chi connectivity index (χ0) is 26.0. The van der Waals surface area contributed by atoms with E-state index in [0.717, 1.165) is 4.70 Å². The third-order valence-electron chi connectivity index (χ3n) is 6.19. The van der Waals surface area contributed by atoms with Crippen molar-refractivity contribution in [3.8, 4) is 5.75 Å². The fourth-order valence-corrected chi connectivity index (χ4v) is 7.22. The molecule has 5 rings (SSSR count). The van der Waals surface area contributed by atoms with E-state index in [-0.39, 0.29) is 23.9 Å². The number of hydrogen-bond acceptors (Lipinski definition) is 7. The fraction of sp³-hybridized carbons (Fsp3) is 0.320. The number of para-hydroxylation sites is 1. The fourth-order valence-electron chi connectivity index (χ4n) is 4.43.